The van der Waals surface area contributed by atoms with E-state index in [1.807, 2.05) is 0 Å². The third-order valence-electron chi connectivity index (χ3n) is 0. The molecule has 13 heteroatoms. The van der Waals surface area contributed by atoms with Crippen LogP contribution in [0.3, 0.4) is 0 Å². The van der Waals surface area contributed by atoms with Crippen molar-refractivity contribution in [3.05, 3.63) is 0 Å². The van der Waals surface area contributed by atoms with Crippen molar-refractivity contribution in [2.24, 2.45) is 0 Å². The monoisotopic (exact) mass is 380 g/mol. The maximum Gasteiger partial charge on any atom is 4.00 e. The Kier molecular flexibility index (Phi) is 228. The summed E-state index contributed by atoms with van der Waals surface area (Å²) in [6, 6.07) is 0. The molecule has 0 aromatic heterocycles. The summed E-state index contributed by atoms with van der Waals surface area (Å²) in [5.41, 5.74) is 0. The first-order valence-corrected chi connectivity index (χ1v) is 1.89. The van der Waals surface area contributed by atoms with Crippen molar-refractivity contribution in [1.29, 1.82) is 0 Å². The Balaban J connectivity index is -0.0000000213. The molecule has 0 bridgehead atoms. The molecule has 0 unspecified atom stereocenters. The molecule has 0 rings (SSSR count). The SMILES string of the molecule is O=B[O-].O=B[O-].O=B[O-].O=B[O-].[Pb+4]. The number of hydrogen-bond acceptors (Lipinski definition) is 8. The van der Waals surface area contributed by atoms with Gasteiger partial charge in [-0.1, -0.05) is 0 Å². The normalized spacial score (nSPS) is 2.46. The van der Waals surface area contributed by atoms with Crippen LogP contribution in [-0.4, -0.2) is 56.7 Å². The standard InChI is InChI=1S/4BO2.Pb/c4*2-1-3;/q4*-1;+4. The molecule has 64 valence electrons. The Hall–Kier alpha value is -0.418. The first-order valence-electron chi connectivity index (χ1n) is 1.89. The van der Waals surface area contributed by atoms with Gasteiger partial charge < -0.3 is 0 Å². The molecule has 0 saturated heterocycles. The van der Waals surface area contributed by atoms with Crippen LogP contribution >= 0.6 is 0 Å². The van der Waals surface area contributed by atoms with E-state index in [4.69, 9.17) is 38.9 Å². The summed E-state index contributed by atoms with van der Waals surface area (Å²) in [5.74, 6) is 0. The summed E-state index contributed by atoms with van der Waals surface area (Å²) in [7, 11) is -2.00. The maximum atomic E-state index is 8.25. The van der Waals surface area contributed by atoms with Crippen molar-refractivity contribution < 1.29 is 38.9 Å². The van der Waals surface area contributed by atoms with Gasteiger partial charge >= 0.3 is 95.6 Å². The van der Waals surface area contributed by atoms with Crippen molar-refractivity contribution in [2.75, 3.05) is 0 Å². The average molecular weight is 378 g/mol. The molecule has 0 fully saturated rings. The molecular formula is B4O8Pb. The summed E-state index contributed by atoms with van der Waals surface area (Å²) < 4.78 is 33.0. The second kappa shape index (κ2) is 101. The second-order valence-electron chi connectivity index (χ2n) is 0.385. The molecule has 0 heterocycles. The van der Waals surface area contributed by atoms with Crippen LogP contribution in [0.1, 0.15) is 0 Å². The van der Waals surface area contributed by atoms with Gasteiger partial charge in [0, 0.05) is 0 Å². The molecule has 0 radical (unpaired) electrons. The Morgan fingerprint density at radius 1 is 0.538 bits per heavy atom. The molecule has 0 amide bonds. The second-order valence-corrected chi connectivity index (χ2v) is 0.385. The Morgan fingerprint density at radius 2 is 0.538 bits per heavy atom. The van der Waals surface area contributed by atoms with Crippen molar-refractivity contribution in [3.8, 4) is 0 Å². The van der Waals surface area contributed by atoms with E-state index in [9.17, 15) is 0 Å². The fourth-order valence-corrected chi connectivity index (χ4v) is 0. The van der Waals surface area contributed by atoms with Gasteiger partial charge in [0.2, 0.25) is 0 Å². The van der Waals surface area contributed by atoms with Crippen LogP contribution < -0.4 is 20.1 Å². The summed E-state index contributed by atoms with van der Waals surface area (Å²) >= 11 is 0. The van der Waals surface area contributed by atoms with Gasteiger partial charge in [-0.25, -0.2) is 0 Å². The third kappa shape index (κ3) is 6080. The van der Waals surface area contributed by atoms with Gasteiger partial charge in [-0.3, -0.25) is 0 Å². The molecule has 0 aliphatic heterocycles. The molecule has 0 aliphatic rings. The minimum absolute atomic E-state index is 0. The van der Waals surface area contributed by atoms with E-state index in [-0.39, 0.29) is 27.3 Å². The fourth-order valence-electron chi connectivity index (χ4n) is 0. The Labute approximate surface area is 95.6 Å². The topological polar surface area (TPSA) is 161 Å². The largest absolute Gasteiger partial charge is 4.00 e. The molecule has 0 aromatic carbocycles. The zero-order valence-corrected chi connectivity index (χ0v) is 9.96. The molecular weight excluding hydrogens is 378 g/mol. The van der Waals surface area contributed by atoms with E-state index in [0.29, 0.717) is 0 Å². The van der Waals surface area contributed by atoms with Gasteiger partial charge in [0.15, 0.2) is 0 Å². The molecule has 8 nitrogen and oxygen atoms in total. The summed E-state index contributed by atoms with van der Waals surface area (Å²) in [5, 5.41) is 33.0. The van der Waals surface area contributed by atoms with Gasteiger partial charge in [-0.05, 0) is 0 Å². The Morgan fingerprint density at radius 3 is 0.538 bits per heavy atom. The van der Waals surface area contributed by atoms with Gasteiger partial charge in [-0.15, -0.1) is 0 Å². The molecule has 0 aliphatic carbocycles. The molecule has 0 spiro atoms. The fraction of sp³-hybridized carbons (Fsp3) is 0. The van der Waals surface area contributed by atoms with Crippen LogP contribution in [0.25, 0.3) is 0 Å². The summed E-state index contributed by atoms with van der Waals surface area (Å²) in [6.45, 7) is 0. The van der Waals surface area contributed by atoms with Gasteiger partial charge in [-0.2, -0.15) is 0 Å². The van der Waals surface area contributed by atoms with E-state index in [0.717, 1.165) is 0 Å². The number of hydrogen-bond donors (Lipinski definition) is 0. The van der Waals surface area contributed by atoms with Crippen LogP contribution in [-0.2, 0) is 18.8 Å². The quantitative estimate of drug-likeness (QED) is 0.376. The predicted molar refractivity (Wildman–Crippen MR) is 31.5 cm³/mol. The minimum atomic E-state index is -0.500. The average Bonchev–Trinajstić information content (AvgIpc) is 1.92. The van der Waals surface area contributed by atoms with E-state index in [1.165, 1.54) is 0 Å². The third-order valence-corrected chi connectivity index (χ3v) is 0. The first-order chi connectivity index (χ1) is 5.66. The summed E-state index contributed by atoms with van der Waals surface area (Å²) in [4.78, 5) is 0. The first kappa shape index (κ1) is 29.4. The molecule has 13 heavy (non-hydrogen) atoms. The van der Waals surface area contributed by atoms with Gasteiger partial charge in [0.25, 0.3) is 0 Å². The van der Waals surface area contributed by atoms with Crippen LogP contribution in [0, 0.1) is 0 Å². The van der Waals surface area contributed by atoms with Crippen LogP contribution in [0.4, 0.5) is 0 Å². The van der Waals surface area contributed by atoms with Crippen LogP contribution in [0.2, 0.25) is 0 Å². The Bertz CT molecular complexity index is 70.1. The van der Waals surface area contributed by atoms with E-state index in [1.54, 1.807) is 0 Å². The van der Waals surface area contributed by atoms with Crippen molar-refractivity contribution in [1.82, 2.24) is 0 Å². The molecule has 0 saturated carbocycles. The van der Waals surface area contributed by atoms with Gasteiger partial charge in [0.05, 0.1) is 0 Å². The van der Waals surface area contributed by atoms with Crippen molar-refractivity contribution in [3.63, 3.8) is 0 Å². The molecule has 0 N–H and O–H groups in total. The summed E-state index contributed by atoms with van der Waals surface area (Å²) in [6.07, 6.45) is 0. The van der Waals surface area contributed by atoms with Crippen LogP contribution in [0.15, 0.2) is 0 Å². The van der Waals surface area contributed by atoms with E-state index in [2.05, 4.69) is 0 Å². The molecule has 0 aromatic rings. The number of rotatable bonds is 0. The zero-order chi connectivity index (χ0) is 10.8. The zero-order valence-electron chi connectivity index (χ0n) is 6.08. The van der Waals surface area contributed by atoms with Crippen molar-refractivity contribution in [2.45, 2.75) is 0 Å². The predicted octanol–water partition coefficient (Wildman–Crippen LogP) is -7.14. The van der Waals surface area contributed by atoms with Gasteiger partial charge in [0.1, 0.15) is 0 Å². The van der Waals surface area contributed by atoms with E-state index < -0.39 is 29.4 Å². The maximum absolute atomic E-state index is 8.25. The molecule has 0 atom stereocenters. The minimum Gasteiger partial charge on any atom is 4.00 e. The van der Waals surface area contributed by atoms with Crippen LogP contribution in [0.5, 0.6) is 0 Å². The van der Waals surface area contributed by atoms with Crippen molar-refractivity contribution >= 4 is 56.7 Å². The smallest absolute Gasteiger partial charge is 4.00 e. The van der Waals surface area contributed by atoms with E-state index >= 15 is 0 Å².